The number of aromatic nitrogens is 1. The van der Waals surface area contributed by atoms with Gasteiger partial charge in [0.15, 0.2) is 0 Å². The first-order valence-electron chi connectivity index (χ1n) is 11.4. The highest BCUT2D eigenvalue weighted by Crippen LogP contribution is 2.27. The standard InChI is InChI=1S/C25H35N3O/c1-4-15-27(16-5-1)17-6-20-29-24-10-8-22(9-11-24)21-28-18-12-23(13-19-28)25-7-2-3-14-26-25/h2-3,7-11,14,23H,1,4-6,12-13,15-21H2. The number of ether oxygens (including phenoxy) is 1. The van der Waals surface area contributed by atoms with E-state index < -0.39 is 0 Å². The third kappa shape index (κ3) is 6.28. The van der Waals surface area contributed by atoms with Crippen LogP contribution in [0.2, 0.25) is 0 Å². The molecule has 0 bridgehead atoms. The smallest absolute Gasteiger partial charge is 0.119 e. The van der Waals surface area contributed by atoms with E-state index in [9.17, 15) is 0 Å². The van der Waals surface area contributed by atoms with Crippen LogP contribution in [0.3, 0.4) is 0 Å². The van der Waals surface area contributed by atoms with Crippen molar-refractivity contribution in [3.63, 3.8) is 0 Å². The maximum Gasteiger partial charge on any atom is 0.119 e. The Balaban J connectivity index is 1.15. The molecular weight excluding hydrogens is 358 g/mol. The molecule has 0 amide bonds. The maximum atomic E-state index is 5.96. The number of rotatable bonds is 8. The van der Waals surface area contributed by atoms with E-state index in [0.717, 1.165) is 38.4 Å². The zero-order chi connectivity index (χ0) is 19.7. The second-order valence-electron chi connectivity index (χ2n) is 8.55. The normalized spacial score (nSPS) is 19.3. The molecule has 156 valence electrons. The van der Waals surface area contributed by atoms with Gasteiger partial charge in [0.25, 0.3) is 0 Å². The van der Waals surface area contributed by atoms with Crippen LogP contribution in [-0.4, -0.2) is 54.1 Å². The Morgan fingerprint density at radius 3 is 2.38 bits per heavy atom. The molecule has 2 aromatic rings. The molecule has 4 heteroatoms. The highest BCUT2D eigenvalue weighted by Gasteiger charge is 2.21. The maximum absolute atomic E-state index is 5.96. The van der Waals surface area contributed by atoms with E-state index in [2.05, 4.69) is 51.2 Å². The Labute approximate surface area is 175 Å². The van der Waals surface area contributed by atoms with Crippen LogP contribution in [0, 0.1) is 0 Å². The van der Waals surface area contributed by atoms with Crippen molar-refractivity contribution >= 4 is 0 Å². The number of nitrogens with zero attached hydrogens (tertiary/aromatic N) is 3. The van der Waals surface area contributed by atoms with Gasteiger partial charge < -0.3 is 9.64 Å². The molecule has 29 heavy (non-hydrogen) atoms. The van der Waals surface area contributed by atoms with Crippen molar-refractivity contribution in [2.24, 2.45) is 0 Å². The van der Waals surface area contributed by atoms with Crippen LogP contribution in [0.5, 0.6) is 5.75 Å². The molecule has 0 radical (unpaired) electrons. The lowest BCUT2D eigenvalue weighted by atomic mass is 9.93. The number of pyridine rings is 1. The molecule has 0 N–H and O–H groups in total. The monoisotopic (exact) mass is 393 g/mol. The van der Waals surface area contributed by atoms with Gasteiger partial charge in [-0.3, -0.25) is 9.88 Å². The molecule has 3 heterocycles. The lowest BCUT2D eigenvalue weighted by Crippen LogP contribution is -2.32. The van der Waals surface area contributed by atoms with Crippen LogP contribution < -0.4 is 4.74 Å². The van der Waals surface area contributed by atoms with Crippen molar-refractivity contribution in [1.82, 2.24) is 14.8 Å². The summed E-state index contributed by atoms with van der Waals surface area (Å²) in [5, 5.41) is 0. The third-order valence-corrected chi connectivity index (χ3v) is 6.36. The molecule has 1 aromatic heterocycles. The minimum Gasteiger partial charge on any atom is -0.494 e. The molecule has 0 spiro atoms. The van der Waals surface area contributed by atoms with Crippen LogP contribution in [0.4, 0.5) is 0 Å². The number of hydrogen-bond donors (Lipinski definition) is 0. The second-order valence-corrected chi connectivity index (χ2v) is 8.55. The molecule has 0 unspecified atom stereocenters. The van der Waals surface area contributed by atoms with Crippen molar-refractivity contribution < 1.29 is 4.74 Å². The Morgan fingerprint density at radius 1 is 0.862 bits per heavy atom. The van der Waals surface area contributed by atoms with Crippen LogP contribution in [0.15, 0.2) is 48.7 Å². The fourth-order valence-electron chi connectivity index (χ4n) is 4.61. The van der Waals surface area contributed by atoms with Gasteiger partial charge >= 0.3 is 0 Å². The summed E-state index contributed by atoms with van der Waals surface area (Å²) in [5.74, 6) is 1.62. The van der Waals surface area contributed by atoms with Gasteiger partial charge in [0.1, 0.15) is 5.75 Å². The van der Waals surface area contributed by atoms with Gasteiger partial charge in [0.05, 0.1) is 6.61 Å². The molecule has 2 aliphatic rings. The third-order valence-electron chi connectivity index (χ3n) is 6.36. The molecule has 4 nitrogen and oxygen atoms in total. The summed E-state index contributed by atoms with van der Waals surface area (Å²) >= 11 is 0. The Morgan fingerprint density at radius 2 is 1.66 bits per heavy atom. The van der Waals surface area contributed by atoms with E-state index in [1.165, 1.54) is 63.0 Å². The largest absolute Gasteiger partial charge is 0.494 e. The van der Waals surface area contributed by atoms with Crippen LogP contribution >= 0.6 is 0 Å². The summed E-state index contributed by atoms with van der Waals surface area (Å²) in [5.41, 5.74) is 2.64. The van der Waals surface area contributed by atoms with Gasteiger partial charge in [-0.25, -0.2) is 0 Å². The van der Waals surface area contributed by atoms with Crippen LogP contribution in [-0.2, 0) is 6.54 Å². The van der Waals surface area contributed by atoms with E-state index in [0.29, 0.717) is 5.92 Å². The van der Waals surface area contributed by atoms with Crippen LogP contribution in [0.25, 0.3) is 0 Å². The molecule has 1 aromatic carbocycles. The second kappa shape index (κ2) is 10.7. The van der Waals surface area contributed by atoms with E-state index in [-0.39, 0.29) is 0 Å². The number of benzene rings is 1. The Bertz CT molecular complexity index is 705. The number of likely N-dealkylation sites (tertiary alicyclic amines) is 2. The molecule has 0 aliphatic carbocycles. The number of piperidine rings is 2. The molecular formula is C25H35N3O. The SMILES string of the molecule is c1ccc(C2CCN(Cc3ccc(OCCCN4CCCCC4)cc3)CC2)nc1. The molecule has 2 aliphatic heterocycles. The minimum atomic E-state index is 0.619. The van der Waals surface area contributed by atoms with E-state index >= 15 is 0 Å². The summed E-state index contributed by atoms with van der Waals surface area (Å²) in [6.45, 7) is 7.86. The quantitative estimate of drug-likeness (QED) is 0.607. The molecule has 0 saturated carbocycles. The van der Waals surface area contributed by atoms with Crippen molar-refractivity contribution in [3.8, 4) is 5.75 Å². The highest BCUT2D eigenvalue weighted by atomic mass is 16.5. The fraction of sp³-hybridized carbons (Fsp3) is 0.560. The Hall–Kier alpha value is -1.91. The summed E-state index contributed by atoms with van der Waals surface area (Å²) in [4.78, 5) is 9.68. The predicted molar refractivity (Wildman–Crippen MR) is 118 cm³/mol. The topological polar surface area (TPSA) is 28.6 Å². The average molecular weight is 394 g/mol. The number of hydrogen-bond acceptors (Lipinski definition) is 4. The Kier molecular flexibility index (Phi) is 7.55. The minimum absolute atomic E-state index is 0.619. The van der Waals surface area contributed by atoms with Crippen LogP contribution in [0.1, 0.15) is 55.7 Å². The summed E-state index contributed by atoms with van der Waals surface area (Å²) in [6.07, 6.45) is 9.57. The zero-order valence-corrected chi connectivity index (χ0v) is 17.6. The predicted octanol–water partition coefficient (Wildman–Crippen LogP) is 4.72. The van der Waals surface area contributed by atoms with E-state index in [4.69, 9.17) is 4.74 Å². The molecule has 2 saturated heterocycles. The average Bonchev–Trinajstić information content (AvgIpc) is 2.80. The van der Waals surface area contributed by atoms with Gasteiger partial charge in [-0.2, -0.15) is 0 Å². The molecule has 2 fully saturated rings. The van der Waals surface area contributed by atoms with Gasteiger partial charge in [0, 0.05) is 30.9 Å². The van der Waals surface area contributed by atoms with Crippen molar-refractivity contribution in [2.75, 3.05) is 39.3 Å². The van der Waals surface area contributed by atoms with Crippen molar-refractivity contribution in [2.45, 2.75) is 51.0 Å². The van der Waals surface area contributed by atoms with Gasteiger partial charge in [-0.05, 0) is 88.1 Å². The van der Waals surface area contributed by atoms with Crippen molar-refractivity contribution in [3.05, 3.63) is 59.9 Å². The van der Waals surface area contributed by atoms with Crippen molar-refractivity contribution in [1.29, 1.82) is 0 Å². The van der Waals surface area contributed by atoms with Gasteiger partial charge in [-0.1, -0.05) is 24.6 Å². The van der Waals surface area contributed by atoms with E-state index in [1.807, 2.05) is 12.3 Å². The first kappa shape index (κ1) is 20.4. The summed E-state index contributed by atoms with van der Waals surface area (Å²) < 4.78 is 5.96. The summed E-state index contributed by atoms with van der Waals surface area (Å²) in [7, 11) is 0. The molecule has 4 rings (SSSR count). The summed E-state index contributed by atoms with van der Waals surface area (Å²) in [6, 6.07) is 15.0. The highest BCUT2D eigenvalue weighted by molar-refractivity contribution is 5.27. The lowest BCUT2D eigenvalue weighted by molar-refractivity contribution is 0.202. The fourth-order valence-corrected chi connectivity index (χ4v) is 4.61. The first-order chi connectivity index (χ1) is 14.4. The molecule has 0 atom stereocenters. The zero-order valence-electron chi connectivity index (χ0n) is 17.6. The lowest BCUT2D eigenvalue weighted by Gasteiger charge is -2.31. The first-order valence-corrected chi connectivity index (χ1v) is 11.4. The van der Waals surface area contributed by atoms with E-state index in [1.54, 1.807) is 0 Å². The van der Waals surface area contributed by atoms with Gasteiger partial charge in [-0.15, -0.1) is 0 Å². The van der Waals surface area contributed by atoms with Gasteiger partial charge in [0.2, 0.25) is 0 Å².